The predicted octanol–water partition coefficient (Wildman–Crippen LogP) is -0.939. The van der Waals surface area contributed by atoms with E-state index in [1.165, 1.54) is 6.08 Å². The van der Waals surface area contributed by atoms with Gasteiger partial charge in [-0.15, -0.1) is 6.58 Å². The van der Waals surface area contributed by atoms with Crippen LogP contribution in [-0.2, 0) is 9.59 Å². The Hall–Kier alpha value is -2.05. The highest BCUT2D eigenvalue weighted by Gasteiger charge is 2.07. The minimum atomic E-state index is -1.14. The van der Waals surface area contributed by atoms with Crippen LogP contribution in [0.4, 0.5) is 4.79 Å². The number of rotatable bonds is 6. The summed E-state index contributed by atoms with van der Waals surface area (Å²) in [6.45, 7) is 4.45. The third-order valence-corrected chi connectivity index (χ3v) is 1.56. The maximum Gasteiger partial charge on any atom is 0.322 e. The molecule has 1 atom stereocenters. The van der Waals surface area contributed by atoms with Crippen LogP contribution in [0.5, 0.6) is 0 Å². The van der Waals surface area contributed by atoms with Crippen molar-refractivity contribution in [1.82, 2.24) is 16.0 Å². The van der Waals surface area contributed by atoms with Crippen molar-refractivity contribution < 1.29 is 19.5 Å². The second-order valence-corrected chi connectivity index (χ2v) is 3.02. The maximum absolute atomic E-state index is 11.1. The normalized spacial score (nSPS) is 11.1. The molecule has 3 amide bonds. The Morgan fingerprint density at radius 2 is 1.94 bits per heavy atom. The molecule has 0 rings (SSSR count). The average Bonchev–Trinajstić information content (AvgIpc) is 2.23. The molecule has 0 spiro atoms. The van der Waals surface area contributed by atoms with Gasteiger partial charge in [-0.05, 0) is 6.92 Å². The molecule has 0 aliphatic rings. The second-order valence-electron chi connectivity index (χ2n) is 3.02. The van der Waals surface area contributed by atoms with Crippen LogP contribution < -0.4 is 16.0 Å². The molecule has 0 aromatic heterocycles. The van der Waals surface area contributed by atoms with Gasteiger partial charge in [0.1, 0.15) is 6.54 Å². The fourth-order valence-corrected chi connectivity index (χ4v) is 0.714. The van der Waals surface area contributed by atoms with E-state index in [1.54, 1.807) is 6.92 Å². The predicted molar refractivity (Wildman–Crippen MR) is 56.8 cm³/mol. The van der Waals surface area contributed by atoms with Gasteiger partial charge in [0.05, 0.1) is 6.54 Å². The van der Waals surface area contributed by atoms with E-state index in [2.05, 4.69) is 22.5 Å². The van der Waals surface area contributed by atoms with Gasteiger partial charge < -0.3 is 21.1 Å². The number of amides is 3. The van der Waals surface area contributed by atoms with Gasteiger partial charge in [-0.25, -0.2) is 4.79 Å². The first-order valence-corrected chi connectivity index (χ1v) is 4.61. The highest BCUT2D eigenvalue weighted by atomic mass is 16.4. The first-order valence-electron chi connectivity index (χ1n) is 4.61. The largest absolute Gasteiger partial charge is 0.480 e. The zero-order valence-electron chi connectivity index (χ0n) is 8.95. The van der Waals surface area contributed by atoms with Crippen molar-refractivity contribution in [2.75, 3.05) is 13.1 Å². The van der Waals surface area contributed by atoms with Crippen molar-refractivity contribution in [2.24, 2.45) is 0 Å². The van der Waals surface area contributed by atoms with Gasteiger partial charge in [0, 0.05) is 6.04 Å². The van der Waals surface area contributed by atoms with Gasteiger partial charge in [0.15, 0.2) is 0 Å². The second kappa shape index (κ2) is 7.27. The SMILES string of the molecule is C=CC(C)NC(=O)NCC(=O)NCC(=O)O. The minimum Gasteiger partial charge on any atom is -0.480 e. The first-order chi connectivity index (χ1) is 7.45. The molecule has 0 saturated carbocycles. The lowest BCUT2D eigenvalue weighted by Gasteiger charge is -2.10. The lowest BCUT2D eigenvalue weighted by molar-refractivity contribution is -0.137. The molecule has 0 aliphatic heterocycles. The van der Waals surface area contributed by atoms with E-state index in [0.717, 1.165) is 0 Å². The molecule has 16 heavy (non-hydrogen) atoms. The standard InChI is InChI=1S/C9H15N3O4/c1-3-6(2)12-9(16)11-4-7(13)10-5-8(14)15/h3,6H,1,4-5H2,2H3,(H,10,13)(H,14,15)(H2,11,12,16). The van der Waals surface area contributed by atoms with Gasteiger partial charge >= 0.3 is 12.0 Å². The highest BCUT2D eigenvalue weighted by molar-refractivity contribution is 5.86. The van der Waals surface area contributed by atoms with Crippen molar-refractivity contribution in [2.45, 2.75) is 13.0 Å². The summed E-state index contributed by atoms with van der Waals surface area (Å²) in [6.07, 6.45) is 1.53. The van der Waals surface area contributed by atoms with Crippen molar-refractivity contribution in [3.8, 4) is 0 Å². The number of nitrogens with one attached hydrogen (secondary N) is 3. The molecular weight excluding hydrogens is 214 g/mol. The Morgan fingerprint density at radius 3 is 2.44 bits per heavy atom. The number of carboxylic acids is 1. The molecule has 0 fully saturated rings. The highest BCUT2D eigenvalue weighted by Crippen LogP contribution is 1.80. The molecule has 0 saturated heterocycles. The third kappa shape index (κ3) is 7.36. The summed E-state index contributed by atoms with van der Waals surface area (Å²) in [5, 5.41) is 15.1. The average molecular weight is 229 g/mol. The van der Waals surface area contributed by atoms with Crippen LogP contribution in [0.25, 0.3) is 0 Å². The summed E-state index contributed by atoms with van der Waals surface area (Å²) in [6, 6.07) is -0.722. The van der Waals surface area contributed by atoms with Crippen molar-refractivity contribution in [3.63, 3.8) is 0 Å². The van der Waals surface area contributed by atoms with E-state index in [1.807, 2.05) is 0 Å². The summed E-state index contributed by atoms with van der Waals surface area (Å²) in [5.74, 6) is -1.71. The molecule has 0 radical (unpaired) electrons. The number of carbonyl (C=O) groups excluding carboxylic acids is 2. The Morgan fingerprint density at radius 1 is 1.31 bits per heavy atom. The van der Waals surface area contributed by atoms with Crippen LogP contribution in [0.15, 0.2) is 12.7 Å². The number of hydrogen-bond acceptors (Lipinski definition) is 3. The van der Waals surface area contributed by atoms with Crippen molar-refractivity contribution in [1.29, 1.82) is 0 Å². The number of hydrogen-bond donors (Lipinski definition) is 4. The minimum absolute atomic E-state index is 0.206. The van der Waals surface area contributed by atoms with Gasteiger partial charge in [0.25, 0.3) is 0 Å². The van der Waals surface area contributed by atoms with Crippen molar-refractivity contribution in [3.05, 3.63) is 12.7 Å². The maximum atomic E-state index is 11.1. The zero-order chi connectivity index (χ0) is 12.6. The van der Waals surface area contributed by atoms with E-state index in [4.69, 9.17) is 5.11 Å². The lowest BCUT2D eigenvalue weighted by Crippen LogP contribution is -2.45. The van der Waals surface area contributed by atoms with Gasteiger partial charge in [0.2, 0.25) is 5.91 Å². The van der Waals surface area contributed by atoms with Crippen LogP contribution in [0.1, 0.15) is 6.92 Å². The number of urea groups is 1. The lowest BCUT2D eigenvalue weighted by atomic mass is 10.3. The van der Waals surface area contributed by atoms with Crippen LogP contribution >= 0.6 is 0 Å². The molecule has 0 heterocycles. The van der Waals surface area contributed by atoms with E-state index in [0.29, 0.717) is 0 Å². The summed E-state index contributed by atoms with van der Waals surface area (Å²) >= 11 is 0. The zero-order valence-corrected chi connectivity index (χ0v) is 8.95. The molecule has 7 heteroatoms. The molecule has 4 N–H and O–H groups in total. The molecule has 0 aromatic rings. The van der Waals surface area contributed by atoms with E-state index in [9.17, 15) is 14.4 Å². The Bertz CT molecular complexity index is 290. The monoisotopic (exact) mass is 229 g/mol. The number of aliphatic carboxylic acids is 1. The molecule has 1 unspecified atom stereocenters. The van der Waals surface area contributed by atoms with E-state index < -0.39 is 24.5 Å². The summed E-state index contributed by atoms with van der Waals surface area (Å²) < 4.78 is 0. The Kier molecular flexibility index (Phi) is 6.34. The Balaban J connectivity index is 3.70. The van der Waals surface area contributed by atoms with Crippen LogP contribution in [-0.4, -0.2) is 42.1 Å². The first kappa shape index (κ1) is 13.9. The molecule has 7 nitrogen and oxygen atoms in total. The van der Waals surface area contributed by atoms with Crippen LogP contribution in [0, 0.1) is 0 Å². The smallest absolute Gasteiger partial charge is 0.322 e. The quantitative estimate of drug-likeness (QED) is 0.441. The van der Waals surface area contributed by atoms with E-state index >= 15 is 0 Å². The topological polar surface area (TPSA) is 108 Å². The fraction of sp³-hybridized carbons (Fsp3) is 0.444. The molecule has 0 aliphatic carbocycles. The summed E-state index contributed by atoms with van der Waals surface area (Å²) in [7, 11) is 0. The molecule has 90 valence electrons. The number of carboxylic acid groups (broad SMARTS) is 1. The van der Waals surface area contributed by atoms with Gasteiger partial charge in [-0.2, -0.15) is 0 Å². The summed E-state index contributed by atoms with van der Waals surface area (Å²) in [5.41, 5.74) is 0. The molecule has 0 bridgehead atoms. The number of carbonyl (C=O) groups is 3. The third-order valence-electron chi connectivity index (χ3n) is 1.56. The molecule has 0 aromatic carbocycles. The van der Waals surface area contributed by atoms with E-state index in [-0.39, 0.29) is 12.6 Å². The van der Waals surface area contributed by atoms with Crippen LogP contribution in [0.3, 0.4) is 0 Å². The van der Waals surface area contributed by atoms with Crippen LogP contribution in [0.2, 0.25) is 0 Å². The fourth-order valence-electron chi connectivity index (χ4n) is 0.714. The Labute approximate surface area is 92.9 Å². The molecular formula is C9H15N3O4. The summed E-state index contributed by atoms with van der Waals surface area (Å²) in [4.78, 5) is 32.2. The van der Waals surface area contributed by atoms with Gasteiger partial charge in [-0.3, -0.25) is 9.59 Å². The van der Waals surface area contributed by atoms with Gasteiger partial charge in [-0.1, -0.05) is 6.08 Å². The van der Waals surface area contributed by atoms with Crippen molar-refractivity contribution >= 4 is 17.9 Å².